The van der Waals surface area contributed by atoms with E-state index in [1.54, 1.807) is 49.5 Å². The minimum Gasteiger partial charge on any atom is -0.493 e. The van der Waals surface area contributed by atoms with E-state index in [1.165, 1.54) is 0 Å². The van der Waals surface area contributed by atoms with Crippen LogP contribution in [0.1, 0.15) is 34.6 Å². The molecule has 0 atom stereocenters. The molecule has 1 heterocycles. The number of anilines is 1. The number of para-hydroxylation sites is 1. The van der Waals surface area contributed by atoms with Gasteiger partial charge in [-0.15, -0.1) is 0 Å². The molecule has 0 saturated carbocycles. The number of benzene rings is 3. The summed E-state index contributed by atoms with van der Waals surface area (Å²) in [5.74, 6) is 0.828. The van der Waals surface area contributed by atoms with Gasteiger partial charge in [-0.05, 0) is 62.4 Å². The molecule has 4 rings (SSSR count). The average molecular weight is 484 g/mol. The Morgan fingerprint density at radius 1 is 0.861 bits per heavy atom. The summed E-state index contributed by atoms with van der Waals surface area (Å²) in [7, 11) is 3.16. The molecule has 0 aliphatic rings. The van der Waals surface area contributed by atoms with Crippen LogP contribution < -0.4 is 14.8 Å². The molecule has 4 aromatic rings. The van der Waals surface area contributed by atoms with Crippen LogP contribution in [0.25, 0.3) is 22.2 Å². The van der Waals surface area contributed by atoms with Gasteiger partial charge in [-0.2, -0.15) is 0 Å². The SMILES string of the molecule is CCN(CC)C(=O)c1cccc(NC(=O)c2cc(-c3ccc(OC)c(OC)c3)nc3ccccc23)c1. The van der Waals surface area contributed by atoms with Crippen molar-refractivity contribution >= 4 is 28.4 Å². The van der Waals surface area contributed by atoms with E-state index in [2.05, 4.69) is 5.32 Å². The Morgan fingerprint density at radius 2 is 1.61 bits per heavy atom. The van der Waals surface area contributed by atoms with Gasteiger partial charge >= 0.3 is 0 Å². The molecule has 1 aromatic heterocycles. The van der Waals surface area contributed by atoms with Crippen LogP contribution in [0.4, 0.5) is 5.69 Å². The van der Waals surface area contributed by atoms with Gasteiger partial charge in [-0.3, -0.25) is 9.59 Å². The molecule has 0 fully saturated rings. The minimum absolute atomic E-state index is 0.0683. The van der Waals surface area contributed by atoms with Crippen LogP contribution in [0, 0.1) is 0 Å². The molecule has 0 saturated heterocycles. The van der Waals surface area contributed by atoms with E-state index in [1.807, 2.05) is 56.3 Å². The lowest BCUT2D eigenvalue weighted by molar-refractivity contribution is 0.0772. The lowest BCUT2D eigenvalue weighted by Gasteiger charge is -2.19. The maximum absolute atomic E-state index is 13.5. The lowest BCUT2D eigenvalue weighted by atomic mass is 10.0. The fourth-order valence-electron chi connectivity index (χ4n) is 4.13. The number of nitrogens with zero attached hydrogens (tertiary/aromatic N) is 2. The largest absolute Gasteiger partial charge is 0.493 e. The zero-order valence-corrected chi connectivity index (χ0v) is 20.9. The van der Waals surface area contributed by atoms with Gasteiger partial charge in [0.05, 0.1) is 31.0 Å². The molecule has 1 N–H and O–H groups in total. The van der Waals surface area contributed by atoms with E-state index in [0.717, 1.165) is 10.9 Å². The van der Waals surface area contributed by atoms with E-state index in [4.69, 9.17) is 14.5 Å². The maximum Gasteiger partial charge on any atom is 0.256 e. The zero-order valence-electron chi connectivity index (χ0n) is 20.9. The van der Waals surface area contributed by atoms with Crippen molar-refractivity contribution in [2.45, 2.75) is 13.8 Å². The Balaban J connectivity index is 1.72. The standard InChI is InChI=1S/C29H29N3O4/c1-5-32(6-2)29(34)20-10-9-11-21(16-20)30-28(33)23-18-25(31-24-13-8-7-12-22(23)24)19-14-15-26(35-3)27(17-19)36-4/h7-18H,5-6H2,1-4H3,(H,30,33). The average Bonchev–Trinajstić information content (AvgIpc) is 2.92. The summed E-state index contributed by atoms with van der Waals surface area (Å²) in [4.78, 5) is 32.8. The fourth-order valence-corrected chi connectivity index (χ4v) is 4.13. The number of hydrogen-bond donors (Lipinski definition) is 1. The second kappa shape index (κ2) is 10.9. The highest BCUT2D eigenvalue weighted by Crippen LogP contribution is 2.33. The summed E-state index contributed by atoms with van der Waals surface area (Å²) < 4.78 is 10.8. The van der Waals surface area contributed by atoms with Crippen LogP contribution in [-0.4, -0.2) is 49.0 Å². The molecule has 7 nitrogen and oxygen atoms in total. The Morgan fingerprint density at radius 3 is 2.33 bits per heavy atom. The van der Waals surface area contributed by atoms with Gasteiger partial charge in [0.1, 0.15) is 0 Å². The molecule has 36 heavy (non-hydrogen) atoms. The van der Waals surface area contributed by atoms with Gasteiger partial charge in [-0.1, -0.05) is 24.3 Å². The van der Waals surface area contributed by atoms with Crippen molar-refractivity contribution in [3.63, 3.8) is 0 Å². The number of carbonyl (C=O) groups is 2. The summed E-state index contributed by atoms with van der Waals surface area (Å²) in [5, 5.41) is 3.69. The van der Waals surface area contributed by atoms with Gasteiger partial charge in [0.2, 0.25) is 0 Å². The molecule has 0 radical (unpaired) electrons. The number of fused-ring (bicyclic) bond motifs is 1. The van der Waals surface area contributed by atoms with Crippen LogP contribution in [0.3, 0.4) is 0 Å². The Hall–Kier alpha value is -4.39. The van der Waals surface area contributed by atoms with Crippen LogP contribution in [0.2, 0.25) is 0 Å². The molecule has 184 valence electrons. The minimum atomic E-state index is -0.289. The van der Waals surface area contributed by atoms with Crippen LogP contribution in [0.15, 0.2) is 72.8 Å². The number of amides is 2. The molecule has 3 aromatic carbocycles. The predicted octanol–water partition coefficient (Wildman–Crippen LogP) is 5.65. The number of nitrogens with one attached hydrogen (secondary N) is 1. The van der Waals surface area contributed by atoms with Gasteiger partial charge in [-0.25, -0.2) is 4.98 Å². The van der Waals surface area contributed by atoms with Crippen molar-refractivity contribution in [3.05, 3.63) is 83.9 Å². The second-order valence-corrected chi connectivity index (χ2v) is 8.15. The second-order valence-electron chi connectivity index (χ2n) is 8.15. The summed E-state index contributed by atoms with van der Waals surface area (Å²) in [6, 6.07) is 21.8. The third-order valence-corrected chi connectivity index (χ3v) is 6.06. The first-order chi connectivity index (χ1) is 17.5. The first-order valence-electron chi connectivity index (χ1n) is 11.8. The highest BCUT2D eigenvalue weighted by molar-refractivity contribution is 6.13. The van der Waals surface area contributed by atoms with Crippen molar-refractivity contribution in [2.24, 2.45) is 0 Å². The highest BCUT2D eigenvalue weighted by atomic mass is 16.5. The number of aromatic nitrogens is 1. The Kier molecular flexibility index (Phi) is 7.49. The smallest absolute Gasteiger partial charge is 0.256 e. The summed E-state index contributed by atoms with van der Waals surface area (Å²) in [6.45, 7) is 5.12. The number of ether oxygens (including phenoxy) is 2. The first-order valence-corrected chi connectivity index (χ1v) is 11.8. The predicted molar refractivity (Wildman–Crippen MR) is 142 cm³/mol. The molecule has 0 spiro atoms. The van der Waals surface area contributed by atoms with Gasteiger partial charge in [0.15, 0.2) is 11.5 Å². The molecule has 0 aliphatic carbocycles. The number of hydrogen-bond acceptors (Lipinski definition) is 5. The molecular weight excluding hydrogens is 454 g/mol. The molecular formula is C29H29N3O4. The Labute approximate surface area is 210 Å². The fraction of sp³-hybridized carbons (Fsp3) is 0.207. The van der Waals surface area contributed by atoms with E-state index in [9.17, 15) is 9.59 Å². The quantitative estimate of drug-likeness (QED) is 0.350. The third kappa shape index (κ3) is 5.00. The van der Waals surface area contributed by atoms with Crippen molar-refractivity contribution in [1.82, 2.24) is 9.88 Å². The number of methoxy groups -OCH3 is 2. The lowest BCUT2D eigenvalue weighted by Crippen LogP contribution is -2.30. The topological polar surface area (TPSA) is 80.8 Å². The van der Waals surface area contributed by atoms with Crippen molar-refractivity contribution in [2.75, 3.05) is 32.6 Å². The van der Waals surface area contributed by atoms with Gasteiger partial charge < -0.3 is 19.7 Å². The summed E-state index contributed by atoms with van der Waals surface area (Å²) in [5.41, 5.74) is 3.67. The summed E-state index contributed by atoms with van der Waals surface area (Å²) in [6.07, 6.45) is 0. The molecule has 2 amide bonds. The Bertz CT molecular complexity index is 1410. The van der Waals surface area contributed by atoms with E-state index in [0.29, 0.717) is 52.6 Å². The number of carbonyl (C=O) groups excluding carboxylic acids is 2. The summed E-state index contributed by atoms with van der Waals surface area (Å²) >= 11 is 0. The maximum atomic E-state index is 13.5. The molecule has 0 unspecified atom stereocenters. The van der Waals surface area contributed by atoms with Crippen molar-refractivity contribution in [3.8, 4) is 22.8 Å². The number of rotatable bonds is 8. The van der Waals surface area contributed by atoms with Gasteiger partial charge in [0.25, 0.3) is 11.8 Å². The zero-order chi connectivity index (χ0) is 25.7. The molecule has 0 bridgehead atoms. The van der Waals surface area contributed by atoms with Crippen LogP contribution in [-0.2, 0) is 0 Å². The van der Waals surface area contributed by atoms with E-state index >= 15 is 0 Å². The van der Waals surface area contributed by atoms with Crippen molar-refractivity contribution < 1.29 is 19.1 Å². The van der Waals surface area contributed by atoms with Crippen LogP contribution in [0.5, 0.6) is 11.5 Å². The number of pyridine rings is 1. The van der Waals surface area contributed by atoms with E-state index < -0.39 is 0 Å². The van der Waals surface area contributed by atoms with Crippen LogP contribution >= 0.6 is 0 Å². The third-order valence-electron chi connectivity index (χ3n) is 6.06. The molecule has 7 heteroatoms. The monoisotopic (exact) mass is 483 g/mol. The highest BCUT2D eigenvalue weighted by Gasteiger charge is 2.17. The van der Waals surface area contributed by atoms with Gasteiger partial charge in [0, 0.05) is 35.3 Å². The van der Waals surface area contributed by atoms with E-state index in [-0.39, 0.29) is 11.8 Å². The first kappa shape index (κ1) is 24.7. The molecule has 0 aliphatic heterocycles. The van der Waals surface area contributed by atoms with Crippen molar-refractivity contribution in [1.29, 1.82) is 0 Å². The normalized spacial score (nSPS) is 10.7.